The van der Waals surface area contributed by atoms with E-state index >= 15 is 0 Å². The number of hydrogen-bond acceptors (Lipinski definition) is 9. The lowest BCUT2D eigenvalue weighted by molar-refractivity contribution is -0.387. The van der Waals surface area contributed by atoms with Crippen LogP contribution in [0.3, 0.4) is 0 Å². The molecule has 0 radical (unpaired) electrons. The number of carbonyl (C=O) groups excluding carboxylic acids is 1. The predicted molar refractivity (Wildman–Crippen MR) is 163 cm³/mol. The molecule has 11 nitrogen and oxygen atoms in total. The van der Waals surface area contributed by atoms with E-state index in [0.29, 0.717) is 12.0 Å². The predicted octanol–water partition coefficient (Wildman–Crippen LogP) is 5.75. The standard InChI is InChI=1S/C31H37N3O8S/c1-30(2,3)22-16-20(17-23(29(22)36)31(4,5)6)13-15-28(35)33-32-19-21-12-14-25(41-7)26(18-21)42-43(39,40)27-11-9-8-10-24(27)34(37)38/h8-12,14,16-19,36H,13,15H2,1-7H3,(H,33,35)/b32-19-. The lowest BCUT2D eigenvalue weighted by Gasteiger charge is -2.28. The van der Waals surface area contributed by atoms with E-state index in [1.165, 1.54) is 37.6 Å². The minimum absolute atomic E-state index is 0.0708. The van der Waals surface area contributed by atoms with Crippen LogP contribution in [0.5, 0.6) is 17.2 Å². The van der Waals surface area contributed by atoms with Crippen molar-refractivity contribution in [2.45, 2.75) is 70.1 Å². The summed E-state index contributed by atoms with van der Waals surface area (Å²) in [6, 6.07) is 13.0. The van der Waals surface area contributed by atoms with Gasteiger partial charge in [-0.1, -0.05) is 65.8 Å². The van der Waals surface area contributed by atoms with Crippen molar-refractivity contribution >= 4 is 27.9 Å². The summed E-state index contributed by atoms with van der Waals surface area (Å²) in [5, 5.41) is 26.2. The molecule has 43 heavy (non-hydrogen) atoms. The van der Waals surface area contributed by atoms with Gasteiger partial charge in [0.1, 0.15) is 5.75 Å². The molecular formula is C31H37N3O8S. The van der Waals surface area contributed by atoms with Crippen molar-refractivity contribution in [1.82, 2.24) is 5.43 Å². The number of benzene rings is 3. The van der Waals surface area contributed by atoms with Crippen LogP contribution in [0.4, 0.5) is 5.69 Å². The van der Waals surface area contributed by atoms with Crippen LogP contribution in [0.25, 0.3) is 0 Å². The quantitative estimate of drug-likeness (QED) is 0.127. The Labute approximate surface area is 251 Å². The summed E-state index contributed by atoms with van der Waals surface area (Å²) in [7, 11) is -3.27. The van der Waals surface area contributed by atoms with Crippen molar-refractivity contribution in [3.05, 3.63) is 87.0 Å². The van der Waals surface area contributed by atoms with Gasteiger partial charge >= 0.3 is 10.1 Å². The van der Waals surface area contributed by atoms with Crippen LogP contribution in [-0.2, 0) is 32.2 Å². The summed E-state index contributed by atoms with van der Waals surface area (Å²) in [5.74, 6) is -0.215. The third kappa shape index (κ3) is 8.31. The van der Waals surface area contributed by atoms with Gasteiger partial charge < -0.3 is 14.0 Å². The van der Waals surface area contributed by atoms with Gasteiger partial charge in [0.05, 0.1) is 18.2 Å². The summed E-state index contributed by atoms with van der Waals surface area (Å²) in [6.07, 6.45) is 1.87. The minimum Gasteiger partial charge on any atom is -0.507 e. The highest BCUT2D eigenvalue weighted by atomic mass is 32.2. The number of para-hydroxylation sites is 1. The molecule has 0 aromatic heterocycles. The topological polar surface area (TPSA) is 157 Å². The first kappa shape index (κ1) is 33.1. The average molecular weight is 612 g/mol. The number of carbonyl (C=O) groups is 1. The molecule has 0 unspecified atom stereocenters. The zero-order valence-corrected chi connectivity index (χ0v) is 26.1. The maximum atomic E-state index is 12.9. The van der Waals surface area contributed by atoms with Crippen LogP contribution in [0.2, 0.25) is 0 Å². The molecular weight excluding hydrogens is 574 g/mol. The Hall–Kier alpha value is -4.45. The maximum absolute atomic E-state index is 12.9. The number of nitro groups is 1. The molecule has 0 atom stereocenters. The van der Waals surface area contributed by atoms with Crippen LogP contribution in [0.15, 0.2) is 64.6 Å². The first-order valence-corrected chi connectivity index (χ1v) is 14.9. The molecule has 0 aliphatic rings. The molecule has 0 saturated carbocycles. The minimum atomic E-state index is -4.59. The number of hydrogen-bond donors (Lipinski definition) is 2. The first-order chi connectivity index (χ1) is 19.9. The Balaban J connectivity index is 1.74. The second-order valence-electron chi connectivity index (χ2n) is 12.0. The molecule has 12 heteroatoms. The van der Waals surface area contributed by atoms with Crippen LogP contribution in [-0.4, -0.2) is 37.7 Å². The van der Waals surface area contributed by atoms with Crippen molar-refractivity contribution in [1.29, 1.82) is 0 Å². The van der Waals surface area contributed by atoms with Gasteiger partial charge in [-0.15, -0.1) is 0 Å². The zero-order valence-electron chi connectivity index (χ0n) is 25.3. The van der Waals surface area contributed by atoms with Gasteiger partial charge in [-0.3, -0.25) is 14.9 Å². The molecule has 0 heterocycles. The fraction of sp³-hybridized carbons (Fsp3) is 0.355. The molecule has 3 aromatic rings. The molecule has 2 N–H and O–H groups in total. The molecule has 0 fully saturated rings. The normalized spacial score (nSPS) is 12.3. The van der Waals surface area contributed by atoms with Crippen LogP contribution in [0, 0.1) is 10.1 Å². The number of phenols is 1. The number of rotatable bonds is 10. The summed E-state index contributed by atoms with van der Waals surface area (Å²) in [5.41, 5.74) is 4.18. The lowest BCUT2D eigenvalue weighted by atomic mass is 9.78. The van der Waals surface area contributed by atoms with E-state index in [1.54, 1.807) is 6.07 Å². The molecule has 0 aliphatic carbocycles. The molecule has 230 valence electrons. The van der Waals surface area contributed by atoms with Gasteiger partial charge in [-0.25, -0.2) is 5.43 Å². The second kappa shape index (κ2) is 12.8. The maximum Gasteiger partial charge on any atom is 0.346 e. The Morgan fingerprint density at radius 1 is 1.00 bits per heavy atom. The fourth-order valence-corrected chi connectivity index (χ4v) is 5.40. The molecule has 3 rings (SSSR count). The highest BCUT2D eigenvalue weighted by Gasteiger charge is 2.29. The van der Waals surface area contributed by atoms with Crippen molar-refractivity contribution in [3.8, 4) is 17.2 Å². The van der Waals surface area contributed by atoms with E-state index in [0.717, 1.165) is 28.8 Å². The number of aromatic hydroxyl groups is 1. The fourth-order valence-electron chi connectivity index (χ4n) is 4.30. The third-order valence-corrected chi connectivity index (χ3v) is 7.83. The SMILES string of the molecule is COc1ccc(/C=N\NC(=O)CCc2cc(C(C)(C)C)c(O)c(C(C)(C)C)c2)cc1OS(=O)(=O)c1ccccc1[N+](=O)[O-]. The van der Waals surface area contributed by atoms with E-state index < -0.39 is 25.6 Å². The number of nitrogens with zero attached hydrogens (tertiary/aromatic N) is 2. The van der Waals surface area contributed by atoms with Gasteiger partial charge in [0.2, 0.25) is 5.91 Å². The van der Waals surface area contributed by atoms with Crippen molar-refractivity contribution in [2.75, 3.05) is 7.11 Å². The van der Waals surface area contributed by atoms with Crippen LogP contribution < -0.4 is 14.3 Å². The monoisotopic (exact) mass is 611 g/mol. The highest BCUT2D eigenvalue weighted by molar-refractivity contribution is 7.87. The summed E-state index contributed by atoms with van der Waals surface area (Å²) in [4.78, 5) is 22.5. The van der Waals surface area contributed by atoms with Gasteiger partial charge in [-0.05, 0) is 63.8 Å². The van der Waals surface area contributed by atoms with E-state index in [4.69, 9.17) is 8.92 Å². The number of ether oxygens (including phenoxy) is 1. The Bertz CT molecular complexity index is 1620. The van der Waals surface area contributed by atoms with Gasteiger partial charge in [0.15, 0.2) is 16.4 Å². The Morgan fingerprint density at radius 3 is 2.16 bits per heavy atom. The summed E-state index contributed by atoms with van der Waals surface area (Å²) in [6.45, 7) is 12.1. The van der Waals surface area contributed by atoms with E-state index in [-0.39, 0.29) is 40.4 Å². The smallest absolute Gasteiger partial charge is 0.346 e. The number of phenolic OH excluding ortho intramolecular Hbond substituents is 1. The number of hydrazone groups is 1. The average Bonchev–Trinajstić information content (AvgIpc) is 2.91. The van der Waals surface area contributed by atoms with Crippen LogP contribution >= 0.6 is 0 Å². The highest BCUT2D eigenvalue weighted by Crippen LogP contribution is 2.40. The van der Waals surface area contributed by atoms with Crippen molar-refractivity contribution in [3.63, 3.8) is 0 Å². The molecule has 0 spiro atoms. The number of amides is 1. The van der Waals surface area contributed by atoms with Gasteiger partial charge in [0, 0.05) is 12.5 Å². The number of nitro benzene ring substituents is 1. The lowest BCUT2D eigenvalue weighted by Crippen LogP contribution is -2.20. The summed E-state index contributed by atoms with van der Waals surface area (Å²) < 4.78 is 36.2. The molecule has 1 amide bonds. The van der Waals surface area contributed by atoms with Crippen LogP contribution in [0.1, 0.15) is 70.2 Å². The molecule has 3 aromatic carbocycles. The molecule has 0 aliphatic heterocycles. The second-order valence-corrected chi connectivity index (χ2v) is 13.5. The third-order valence-electron chi connectivity index (χ3n) is 6.55. The van der Waals surface area contributed by atoms with E-state index in [1.807, 2.05) is 53.7 Å². The number of aryl methyl sites for hydroxylation is 1. The van der Waals surface area contributed by atoms with Gasteiger partial charge in [0.25, 0.3) is 5.69 Å². The largest absolute Gasteiger partial charge is 0.507 e. The van der Waals surface area contributed by atoms with Crippen molar-refractivity contribution < 1.29 is 32.2 Å². The van der Waals surface area contributed by atoms with Gasteiger partial charge in [-0.2, -0.15) is 13.5 Å². The van der Waals surface area contributed by atoms with E-state index in [9.17, 15) is 28.4 Å². The first-order valence-electron chi connectivity index (χ1n) is 13.5. The number of methoxy groups -OCH3 is 1. The summed E-state index contributed by atoms with van der Waals surface area (Å²) >= 11 is 0. The molecule has 0 saturated heterocycles. The van der Waals surface area contributed by atoms with E-state index in [2.05, 4.69) is 10.5 Å². The number of nitrogens with one attached hydrogen (secondary N) is 1. The molecule has 0 bridgehead atoms. The zero-order chi connectivity index (χ0) is 32.2. The Morgan fingerprint density at radius 2 is 1.60 bits per heavy atom. The Kier molecular flexibility index (Phi) is 9.86. The van der Waals surface area contributed by atoms with Crippen molar-refractivity contribution in [2.24, 2.45) is 5.10 Å².